The van der Waals surface area contributed by atoms with E-state index in [0.717, 1.165) is 6.54 Å². The van der Waals surface area contributed by atoms with E-state index in [0.29, 0.717) is 41.1 Å². The van der Waals surface area contributed by atoms with Crippen molar-refractivity contribution in [2.24, 2.45) is 0 Å². The number of hydrogen-bond donors (Lipinski definition) is 2. The second-order valence-corrected chi connectivity index (χ2v) is 10.4. The van der Waals surface area contributed by atoms with Crippen molar-refractivity contribution in [2.75, 3.05) is 25.5 Å². The number of carbonyl (C=O) groups is 1. The van der Waals surface area contributed by atoms with Crippen LogP contribution in [0, 0.1) is 0 Å². The van der Waals surface area contributed by atoms with E-state index >= 15 is 0 Å². The van der Waals surface area contributed by atoms with Gasteiger partial charge < -0.3 is 20.1 Å². The molecule has 1 aliphatic heterocycles. The standard InChI is InChI=1S/C25H31FN10O2/c1-6-16-19-10-27-11-20(30-18-7-8-34(5)14-17(18)26)36(19)32-22(16)23-31-21(38-33-23)12-28-24(37)15-9-29-35(13-15)25(2,3)4/h6,9-11,13,17-18,30H,1,7-8,12,14H2,2-5H3,(H,28,37)/t17-,18+/m0/s1. The lowest BCUT2D eigenvalue weighted by molar-refractivity contribution is 0.0946. The summed E-state index contributed by atoms with van der Waals surface area (Å²) in [5, 5.41) is 19.0. The summed E-state index contributed by atoms with van der Waals surface area (Å²) in [4.78, 5) is 23.3. The molecule has 0 radical (unpaired) electrons. The minimum absolute atomic E-state index is 0.0334. The number of anilines is 1. The number of alkyl halides is 1. The van der Waals surface area contributed by atoms with E-state index in [1.165, 1.54) is 6.20 Å². The number of nitrogens with one attached hydrogen (secondary N) is 2. The summed E-state index contributed by atoms with van der Waals surface area (Å²) in [6, 6.07) is -0.352. The van der Waals surface area contributed by atoms with Gasteiger partial charge in [0.05, 0.1) is 47.8 Å². The van der Waals surface area contributed by atoms with Gasteiger partial charge in [-0.25, -0.2) is 8.91 Å². The van der Waals surface area contributed by atoms with Gasteiger partial charge >= 0.3 is 0 Å². The second kappa shape index (κ2) is 9.97. The lowest BCUT2D eigenvalue weighted by Gasteiger charge is -2.33. The molecule has 0 spiro atoms. The van der Waals surface area contributed by atoms with Crippen LogP contribution < -0.4 is 10.6 Å². The molecule has 5 heterocycles. The van der Waals surface area contributed by atoms with E-state index in [4.69, 9.17) is 4.52 Å². The minimum atomic E-state index is -1.02. The first-order valence-electron chi connectivity index (χ1n) is 12.4. The Labute approximate surface area is 218 Å². The number of aromatic nitrogens is 7. The molecule has 0 saturated carbocycles. The zero-order chi connectivity index (χ0) is 27.0. The van der Waals surface area contributed by atoms with Crippen LogP contribution in [0.2, 0.25) is 0 Å². The molecule has 1 saturated heterocycles. The lowest BCUT2D eigenvalue weighted by Crippen LogP contribution is -2.46. The van der Waals surface area contributed by atoms with Crippen LogP contribution in [0.15, 0.2) is 35.9 Å². The highest BCUT2D eigenvalue weighted by Gasteiger charge is 2.29. The summed E-state index contributed by atoms with van der Waals surface area (Å²) in [5.74, 6) is 0.705. The molecule has 0 bridgehead atoms. The average molecular weight is 523 g/mol. The van der Waals surface area contributed by atoms with Gasteiger partial charge in [-0.3, -0.25) is 14.5 Å². The highest BCUT2D eigenvalue weighted by Crippen LogP contribution is 2.28. The Hall–Kier alpha value is -4.13. The number of nitrogens with zero attached hydrogens (tertiary/aromatic N) is 8. The van der Waals surface area contributed by atoms with E-state index in [2.05, 4.69) is 42.5 Å². The summed E-state index contributed by atoms with van der Waals surface area (Å²) < 4.78 is 23.4. The number of carbonyl (C=O) groups excluding carboxylic acids is 1. The van der Waals surface area contributed by atoms with Crippen LogP contribution in [-0.4, -0.2) is 77.7 Å². The molecule has 1 aliphatic rings. The molecule has 5 rings (SSSR count). The molecule has 0 unspecified atom stereocenters. The SMILES string of the molecule is C=Cc1c(-c2noc(CNC(=O)c3cnn(C(C)(C)C)c3)n2)nn2c(N[C@@H]3CCN(C)C[C@@H]3F)cncc12. The molecule has 13 heteroatoms. The van der Waals surface area contributed by atoms with Gasteiger partial charge in [0.2, 0.25) is 11.7 Å². The molecule has 38 heavy (non-hydrogen) atoms. The lowest BCUT2D eigenvalue weighted by atomic mass is 10.0. The number of piperidine rings is 1. The van der Waals surface area contributed by atoms with Crippen molar-refractivity contribution >= 4 is 23.3 Å². The van der Waals surface area contributed by atoms with Crippen molar-refractivity contribution < 1.29 is 13.7 Å². The molecule has 0 aromatic carbocycles. The quantitative estimate of drug-likeness (QED) is 0.376. The van der Waals surface area contributed by atoms with E-state index in [-0.39, 0.29) is 35.7 Å². The third-order valence-electron chi connectivity index (χ3n) is 6.48. The second-order valence-electron chi connectivity index (χ2n) is 10.4. The van der Waals surface area contributed by atoms with E-state index in [1.807, 2.05) is 32.7 Å². The first-order valence-corrected chi connectivity index (χ1v) is 12.4. The van der Waals surface area contributed by atoms with E-state index in [1.54, 1.807) is 33.9 Å². The predicted octanol–water partition coefficient (Wildman–Crippen LogP) is 2.76. The molecule has 1 amide bonds. The van der Waals surface area contributed by atoms with Crippen molar-refractivity contribution in [3.63, 3.8) is 0 Å². The fraction of sp³-hybridized carbons (Fsp3) is 0.440. The maximum absolute atomic E-state index is 14.7. The fourth-order valence-corrected chi connectivity index (χ4v) is 4.35. The summed E-state index contributed by atoms with van der Waals surface area (Å²) in [6.45, 7) is 11.1. The zero-order valence-corrected chi connectivity index (χ0v) is 21.8. The van der Waals surface area contributed by atoms with Gasteiger partial charge in [-0.2, -0.15) is 15.2 Å². The Bertz CT molecular complexity index is 1470. The Morgan fingerprint density at radius 3 is 2.84 bits per heavy atom. The van der Waals surface area contributed by atoms with E-state index in [9.17, 15) is 9.18 Å². The number of likely N-dealkylation sites (tertiary alicyclic amines) is 1. The maximum atomic E-state index is 14.7. The Balaban J connectivity index is 1.34. The number of halogens is 1. The number of amides is 1. The maximum Gasteiger partial charge on any atom is 0.254 e. The topological polar surface area (TPSA) is 131 Å². The summed E-state index contributed by atoms with van der Waals surface area (Å²) >= 11 is 0. The summed E-state index contributed by atoms with van der Waals surface area (Å²) in [7, 11) is 1.91. The van der Waals surface area contributed by atoms with Gasteiger partial charge in [-0.05, 0) is 34.2 Å². The van der Waals surface area contributed by atoms with Crippen LogP contribution in [0.5, 0.6) is 0 Å². The van der Waals surface area contributed by atoms with Crippen molar-refractivity contribution in [1.82, 2.24) is 44.7 Å². The Morgan fingerprint density at radius 1 is 1.32 bits per heavy atom. The van der Waals surface area contributed by atoms with Crippen molar-refractivity contribution in [2.45, 2.75) is 51.5 Å². The average Bonchev–Trinajstić information content (AvgIpc) is 3.62. The van der Waals surface area contributed by atoms with Gasteiger partial charge in [0.1, 0.15) is 17.7 Å². The molecule has 12 nitrogen and oxygen atoms in total. The van der Waals surface area contributed by atoms with Crippen LogP contribution in [0.25, 0.3) is 23.1 Å². The molecule has 2 atom stereocenters. The summed E-state index contributed by atoms with van der Waals surface area (Å²) in [6.07, 6.45) is 7.76. The van der Waals surface area contributed by atoms with Gasteiger partial charge in [0.15, 0.2) is 0 Å². The van der Waals surface area contributed by atoms with Crippen molar-refractivity contribution in [1.29, 1.82) is 0 Å². The highest BCUT2D eigenvalue weighted by molar-refractivity contribution is 5.93. The largest absolute Gasteiger partial charge is 0.363 e. The molecular weight excluding hydrogens is 491 g/mol. The number of rotatable bonds is 7. The third-order valence-corrected chi connectivity index (χ3v) is 6.48. The minimum Gasteiger partial charge on any atom is -0.363 e. The Kier molecular flexibility index (Phi) is 6.69. The van der Waals surface area contributed by atoms with Crippen LogP contribution in [0.3, 0.4) is 0 Å². The van der Waals surface area contributed by atoms with Crippen LogP contribution in [0.1, 0.15) is 49.0 Å². The third kappa shape index (κ3) is 5.01. The predicted molar refractivity (Wildman–Crippen MR) is 139 cm³/mol. The first kappa shape index (κ1) is 25.5. The Morgan fingerprint density at radius 2 is 2.13 bits per heavy atom. The molecule has 0 aliphatic carbocycles. The zero-order valence-electron chi connectivity index (χ0n) is 21.8. The van der Waals surface area contributed by atoms with Crippen LogP contribution in [0.4, 0.5) is 10.2 Å². The van der Waals surface area contributed by atoms with E-state index < -0.39 is 6.17 Å². The smallest absolute Gasteiger partial charge is 0.254 e. The van der Waals surface area contributed by atoms with Crippen LogP contribution >= 0.6 is 0 Å². The highest BCUT2D eigenvalue weighted by atomic mass is 19.1. The molecule has 200 valence electrons. The van der Waals surface area contributed by atoms with Gasteiger partial charge in [0.25, 0.3) is 5.91 Å². The van der Waals surface area contributed by atoms with Crippen molar-refractivity contribution in [3.8, 4) is 11.5 Å². The molecule has 1 fully saturated rings. The summed E-state index contributed by atoms with van der Waals surface area (Å²) in [5.41, 5.74) is 1.96. The normalized spacial score (nSPS) is 18.6. The molecule has 4 aromatic rings. The fourth-order valence-electron chi connectivity index (χ4n) is 4.35. The van der Waals surface area contributed by atoms with Gasteiger partial charge in [-0.15, -0.1) is 0 Å². The van der Waals surface area contributed by atoms with Gasteiger partial charge in [0, 0.05) is 24.8 Å². The van der Waals surface area contributed by atoms with Gasteiger partial charge in [-0.1, -0.05) is 17.8 Å². The number of fused-ring (bicyclic) bond motifs is 1. The number of hydrogen-bond acceptors (Lipinski definition) is 9. The molecular formula is C25H31FN10O2. The first-order chi connectivity index (χ1) is 18.1. The molecule has 2 N–H and O–H groups in total. The monoisotopic (exact) mass is 522 g/mol. The van der Waals surface area contributed by atoms with Crippen LogP contribution in [-0.2, 0) is 12.1 Å². The molecule has 4 aromatic heterocycles. The van der Waals surface area contributed by atoms with Crippen molar-refractivity contribution in [3.05, 3.63) is 48.4 Å².